The molecule has 0 spiro atoms. The van der Waals surface area contributed by atoms with Crippen molar-refractivity contribution in [2.24, 2.45) is 0 Å². The fourth-order valence-corrected chi connectivity index (χ4v) is 4.37. The molecular formula is C21H21F2N3O2S. The first-order valence-electron chi connectivity index (χ1n) is 9.43. The van der Waals surface area contributed by atoms with Crippen molar-refractivity contribution in [2.45, 2.75) is 39.3 Å². The summed E-state index contributed by atoms with van der Waals surface area (Å²) in [6, 6.07) is 5.37. The highest BCUT2D eigenvalue weighted by atomic mass is 32.1. The van der Waals surface area contributed by atoms with Gasteiger partial charge in [0.25, 0.3) is 5.91 Å². The average Bonchev–Trinajstić information content (AvgIpc) is 3.40. The number of carbonyl (C=O) groups is 1. The van der Waals surface area contributed by atoms with Gasteiger partial charge in [0.2, 0.25) is 0 Å². The van der Waals surface area contributed by atoms with E-state index in [1.54, 1.807) is 0 Å². The molecule has 0 aliphatic carbocycles. The quantitative estimate of drug-likeness (QED) is 0.640. The summed E-state index contributed by atoms with van der Waals surface area (Å²) in [7, 11) is 0. The molecule has 1 aromatic carbocycles. The Labute approximate surface area is 171 Å². The molecule has 1 aliphatic rings. The lowest BCUT2D eigenvalue weighted by Crippen LogP contribution is -2.16. The standard InChI is InChI=1S/C21H21F2N3O2S/c1-12-9-15(13(2)26(12)10-14-5-4-8-28-14)18-11-29-21(24-18)25-20(27)19-16(22)6-3-7-17(19)23/h3,6-7,9,11,14H,4-5,8,10H2,1-2H3,(H,24,25,27). The average molecular weight is 417 g/mol. The first-order chi connectivity index (χ1) is 13.9. The van der Waals surface area contributed by atoms with Gasteiger partial charge in [-0.25, -0.2) is 13.8 Å². The van der Waals surface area contributed by atoms with E-state index < -0.39 is 23.1 Å². The number of nitrogens with one attached hydrogen (secondary N) is 1. The number of halogens is 2. The smallest absolute Gasteiger partial charge is 0.263 e. The molecule has 152 valence electrons. The van der Waals surface area contributed by atoms with Crippen LogP contribution in [0.25, 0.3) is 11.3 Å². The Balaban J connectivity index is 1.54. The molecule has 3 heterocycles. The van der Waals surface area contributed by atoms with E-state index in [4.69, 9.17) is 4.74 Å². The van der Waals surface area contributed by atoms with E-state index in [0.717, 1.165) is 55.1 Å². The SMILES string of the molecule is Cc1cc(-c2csc(NC(=O)c3c(F)cccc3F)n2)c(C)n1CC1CCCO1. The fourth-order valence-electron chi connectivity index (χ4n) is 3.66. The Morgan fingerprint density at radius 3 is 2.79 bits per heavy atom. The highest BCUT2D eigenvalue weighted by Gasteiger charge is 2.21. The first kappa shape index (κ1) is 19.7. The third kappa shape index (κ3) is 3.95. The van der Waals surface area contributed by atoms with Crippen LogP contribution in [0.3, 0.4) is 0 Å². The van der Waals surface area contributed by atoms with E-state index in [2.05, 4.69) is 20.9 Å². The number of hydrogen-bond donors (Lipinski definition) is 1. The van der Waals surface area contributed by atoms with Crippen molar-refractivity contribution in [1.82, 2.24) is 9.55 Å². The third-order valence-corrected chi connectivity index (χ3v) is 5.93. The van der Waals surface area contributed by atoms with E-state index in [0.29, 0.717) is 5.69 Å². The third-order valence-electron chi connectivity index (χ3n) is 5.17. The molecular weight excluding hydrogens is 396 g/mol. The number of thiazole rings is 1. The zero-order valence-electron chi connectivity index (χ0n) is 16.2. The summed E-state index contributed by atoms with van der Waals surface area (Å²) < 4.78 is 35.6. The molecule has 4 rings (SSSR count). The van der Waals surface area contributed by atoms with E-state index in [1.165, 1.54) is 17.4 Å². The van der Waals surface area contributed by atoms with Crippen LogP contribution in [0.5, 0.6) is 0 Å². The summed E-state index contributed by atoms with van der Waals surface area (Å²) >= 11 is 1.21. The molecule has 0 saturated carbocycles. The normalized spacial score (nSPS) is 16.3. The minimum Gasteiger partial charge on any atom is -0.376 e. The van der Waals surface area contributed by atoms with Crippen molar-refractivity contribution >= 4 is 22.4 Å². The molecule has 1 aliphatic heterocycles. The van der Waals surface area contributed by atoms with Gasteiger partial charge in [0, 0.05) is 35.5 Å². The minimum atomic E-state index is -0.906. The lowest BCUT2D eigenvalue weighted by molar-refractivity contribution is 0.0962. The van der Waals surface area contributed by atoms with Crippen LogP contribution >= 0.6 is 11.3 Å². The van der Waals surface area contributed by atoms with Crippen molar-refractivity contribution in [3.05, 3.63) is 58.2 Å². The number of nitrogens with zero attached hydrogens (tertiary/aromatic N) is 2. The van der Waals surface area contributed by atoms with Crippen LogP contribution in [0, 0.1) is 25.5 Å². The van der Waals surface area contributed by atoms with Crippen LogP contribution in [-0.2, 0) is 11.3 Å². The van der Waals surface area contributed by atoms with Gasteiger partial charge in [-0.15, -0.1) is 11.3 Å². The fraction of sp³-hybridized carbons (Fsp3) is 0.333. The second-order valence-corrected chi connectivity index (χ2v) is 7.98. The number of anilines is 1. The summed E-state index contributed by atoms with van der Waals surface area (Å²) in [4.78, 5) is 16.7. The molecule has 1 amide bonds. The van der Waals surface area contributed by atoms with Crippen LogP contribution in [0.2, 0.25) is 0 Å². The lowest BCUT2D eigenvalue weighted by Gasteiger charge is -2.14. The van der Waals surface area contributed by atoms with Gasteiger partial charge < -0.3 is 9.30 Å². The second kappa shape index (κ2) is 8.04. The van der Waals surface area contributed by atoms with Gasteiger partial charge in [-0.3, -0.25) is 10.1 Å². The second-order valence-electron chi connectivity index (χ2n) is 7.12. The number of carbonyl (C=O) groups excluding carboxylic acids is 1. The van der Waals surface area contributed by atoms with Gasteiger partial charge in [-0.1, -0.05) is 6.07 Å². The van der Waals surface area contributed by atoms with E-state index >= 15 is 0 Å². The summed E-state index contributed by atoms with van der Waals surface area (Å²) in [6.45, 7) is 5.69. The largest absolute Gasteiger partial charge is 0.376 e. The van der Waals surface area contributed by atoms with Crippen LogP contribution in [0.4, 0.5) is 13.9 Å². The van der Waals surface area contributed by atoms with Crippen LogP contribution in [-0.4, -0.2) is 28.2 Å². The Kier molecular flexibility index (Phi) is 5.47. The molecule has 0 radical (unpaired) electrons. The van der Waals surface area contributed by atoms with E-state index in [-0.39, 0.29) is 11.2 Å². The Morgan fingerprint density at radius 1 is 1.34 bits per heavy atom. The molecule has 0 bridgehead atoms. The molecule has 2 aromatic heterocycles. The predicted octanol–water partition coefficient (Wildman–Crippen LogP) is 4.94. The van der Waals surface area contributed by atoms with Crippen LogP contribution in [0.1, 0.15) is 34.6 Å². The van der Waals surface area contributed by atoms with Gasteiger partial charge in [-0.2, -0.15) is 0 Å². The molecule has 1 saturated heterocycles. The van der Waals surface area contributed by atoms with Crippen molar-refractivity contribution in [3.63, 3.8) is 0 Å². The Bertz CT molecular complexity index is 1030. The van der Waals surface area contributed by atoms with Crippen molar-refractivity contribution in [2.75, 3.05) is 11.9 Å². The maximum absolute atomic E-state index is 13.8. The van der Waals surface area contributed by atoms with E-state index in [1.807, 2.05) is 19.2 Å². The molecule has 1 fully saturated rings. The zero-order chi connectivity index (χ0) is 20.5. The van der Waals surface area contributed by atoms with Crippen molar-refractivity contribution in [3.8, 4) is 11.3 Å². The number of benzene rings is 1. The number of hydrogen-bond acceptors (Lipinski definition) is 4. The molecule has 1 N–H and O–H groups in total. The summed E-state index contributed by atoms with van der Waals surface area (Å²) in [5.41, 5.74) is 3.25. The predicted molar refractivity (Wildman–Crippen MR) is 108 cm³/mol. The number of aryl methyl sites for hydroxylation is 1. The van der Waals surface area contributed by atoms with Gasteiger partial charge in [-0.05, 0) is 44.9 Å². The van der Waals surface area contributed by atoms with Gasteiger partial charge >= 0.3 is 0 Å². The number of amides is 1. The number of aromatic nitrogens is 2. The topological polar surface area (TPSA) is 56.2 Å². The minimum absolute atomic E-state index is 0.230. The van der Waals surface area contributed by atoms with Crippen LogP contribution in [0.15, 0.2) is 29.6 Å². The monoisotopic (exact) mass is 417 g/mol. The Hall–Kier alpha value is -2.58. The van der Waals surface area contributed by atoms with Crippen molar-refractivity contribution < 1.29 is 18.3 Å². The number of ether oxygens (including phenoxy) is 1. The molecule has 5 nitrogen and oxygen atoms in total. The summed E-state index contributed by atoms with van der Waals surface area (Å²) in [6.07, 6.45) is 2.38. The number of rotatable bonds is 5. The highest BCUT2D eigenvalue weighted by Crippen LogP contribution is 2.31. The molecule has 29 heavy (non-hydrogen) atoms. The first-order valence-corrected chi connectivity index (χ1v) is 10.3. The van der Waals surface area contributed by atoms with Crippen molar-refractivity contribution in [1.29, 1.82) is 0 Å². The molecule has 1 atom stereocenters. The Morgan fingerprint density at radius 2 is 2.10 bits per heavy atom. The summed E-state index contributed by atoms with van der Waals surface area (Å²) in [5.74, 6) is -2.67. The van der Waals surface area contributed by atoms with Gasteiger partial charge in [0.1, 0.15) is 17.2 Å². The molecule has 8 heteroatoms. The zero-order valence-corrected chi connectivity index (χ0v) is 17.0. The molecule has 1 unspecified atom stereocenters. The van der Waals surface area contributed by atoms with Gasteiger partial charge in [0.15, 0.2) is 5.13 Å². The van der Waals surface area contributed by atoms with Gasteiger partial charge in [0.05, 0.1) is 11.8 Å². The maximum atomic E-state index is 13.8. The highest BCUT2D eigenvalue weighted by molar-refractivity contribution is 7.14. The maximum Gasteiger partial charge on any atom is 0.263 e. The lowest BCUT2D eigenvalue weighted by atomic mass is 10.2. The van der Waals surface area contributed by atoms with Crippen LogP contribution < -0.4 is 5.32 Å². The molecule has 3 aromatic rings. The summed E-state index contributed by atoms with van der Waals surface area (Å²) in [5, 5.41) is 4.60. The van der Waals surface area contributed by atoms with E-state index in [9.17, 15) is 13.6 Å².